The molecule has 0 saturated carbocycles. The summed E-state index contributed by atoms with van der Waals surface area (Å²) >= 11 is 1.88. The molecule has 1 aromatic rings. The second-order valence-electron chi connectivity index (χ2n) is 5.03. The van der Waals surface area contributed by atoms with Crippen LogP contribution in [0.5, 0.6) is 0 Å². The fourth-order valence-corrected chi connectivity index (χ4v) is 3.69. The average molecular weight is 294 g/mol. The van der Waals surface area contributed by atoms with Gasteiger partial charge in [0.05, 0.1) is 6.10 Å². The normalized spacial score (nSPS) is 16.6. The predicted molar refractivity (Wildman–Crippen MR) is 87.6 cm³/mol. The van der Waals surface area contributed by atoms with E-state index >= 15 is 0 Å². The molecule has 0 bridgehead atoms. The fourth-order valence-electron chi connectivity index (χ4n) is 2.85. The monoisotopic (exact) mass is 294 g/mol. The topological polar surface area (TPSA) is 38.5 Å². The molecule has 1 fully saturated rings. The van der Waals surface area contributed by atoms with Gasteiger partial charge in [-0.15, -0.1) is 11.8 Å². The van der Waals surface area contributed by atoms with Crippen LogP contribution in [0.25, 0.3) is 0 Å². The van der Waals surface area contributed by atoms with Crippen molar-refractivity contribution in [2.45, 2.75) is 44.2 Å². The molecule has 1 aromatic carbocycles. The number of ether oxygens (including phenoxy) is 1. The molecule has 1 heterocycles. The third-order valence-corrected chi connectivity index (χ3v) is 4.78. The van der Waals surface area contributed by atoms with Crippen LogP contribution in [0.3, 0.4) is 0 Å². The molecule has 0 unspecified atom stereocenters. The fraction of sp³-hybridized carbons (Fsp3) is 0.625. The molecular weight excluding hydrogens is 268 g/mol. The van der Waals surface area contributed by atoms with E-state index in [1.165, 1.54) is 16.1 Å². The summed E-state index contributed by atoms with van der Waals surface area (Å²) in [5.74, 6) is 1.09. The van der Waals surface area contributed by atoms with Crippen LogP contribution in [-0.2, 0) is 11.3 Å². The highest BCUT2D eigenvalue weighted by atomic mass is 32.2. The molecule has 0 aliphatic carbocycles. The third-order valence-electron chi connectivity index (χ3n) is 3.80. The van der Waals surface area contributed by atoms with E-state index in [0.717, 1.165) is 38.3 Å². The van der Waals surface area contributed by atoms with E-state index in [1.807, 2.05) is 11.8 Å². The first-order chi connectivity index (χ1) is 9.80. The van der Waals surface area contributed by atoms with Crippen LogP contribution in [0.4, 0.5) is 5.69 Å². The number of hydrogen-bond acceptors (Lipinski definition) is 4. The zero-order chi connectivity index (χ0) is 14.4. The summed E-state index contributed by atoms with van der Waals surface area (Å²) in [6.07, 6.45) is 2.66. The van der Waals surface area contributed by atoms with Gasteiger partial charge >= 0.3 is 0 Å². The van der Waals surface area contributed by atoms with Crippen LogP contribution < -0.4 is 10.6 Å². The van der Waals surface area contributed by atoms with E-state index in [0.29, 0.717) is 12.6 Å². The second kappa shape index (κ2) is 7.91. The van der Waals surface area contributed by atoms with Gasteiger partial charge in [0.25, 0.3) is 0 Å². The van der Waals surface area contributed by atoms with Crippen molar-refractivity contribution >= 4 is 17.4 Å². The molecule has 3 nitrogen and oxygen atoms in total. The molecule has 0 spiro atoms. The minimum atomic E-state index is 0.436. The molecule has 0 aromatic heterocycles. The Morgan fingerprint density at radius 2 is 2.05 bits per heavy atom. The lowest BCUT2D eigenvalue weighted by atomic mass is 10.0. The lowest BCUT2D eigenvalue weighted by Crippen LogP contribution is -2.37. The molecule has 1 aliphatic heterocycles. The van der Waals surface area contributed by atoms with Crippen LogP contribution in [0.15, 0.2) is 23.1 Å². The maximum atomic E-state index is 6.00. The zero-order valence-corrected chi connectivity index (χ0v) is 13.4. The maximum absolute atomic E-state index is 6.00. The van der Waals surface area contributed by atoms with Gasteiger partial charge in [-0.05, 0) is 37.7 Å². The average Bonchev–Trinajstić information content (AvgIpc) is 2.48. The standard InChI is InChI=1S/C16H26N2OS/c1-3-19-13-8-10-18(11-9-13)15-6-5-7-16(20-4-2)14(15)12-17/h5-7,13H,3-4,8-12,17H2,1-2H3. The van der Waals surface area contributed by atoms with Crippen LogP contribution in [0.1, 0.15) is 32.3 Å². The molecule has 0 atom stereocenters. The minimum Gasteiger partial charge on any atom is -0.378 e. The Hall–Kier alpha value is -0.710. The number of benzene rings is 1. The van der Waals surface area contributed by atoms with Gasteiger partial charge in [0, 0.05) is 42.4 Å². The molecule has 2 N–H and O–H groups in total. The molecule has 2 rings (SSSR count). The summed E-state index contributed by atoms with van der Waals surface area (Å²) in [6.45, 7) is 7.83. The quantitative estimate of drug-likeness (QED) is 0.817. The predicted octanol–water partition coefficient (Wildman–Crippen LogP) is 3.26. The van der Waals surface area contributed by atoms with E-state index in [1.54, 1.807) is 0 Å². The molecule has 1 saturated heterocycles. The van der Waals surface area contributed by atoms with Gasteiger partial charge in [-0.3, -0.25) is 0 Å². The SMILES string of the molecule is CCOC1CCN(c2cccc(SCC)c2CN)CC1. The number of thioether (sulfide) groups is 1. The highest BCUT2D eigenvalue weighted by Gasteiger charge is 2.21. The van der Waals surface area contributed by atoms with Crippen LogP contribution in [-0.4, -0.2) is 31.6 Å². The molecule has 20 heavy (non-hydrogen) atoms. The molecule has 0 amide bonds. The Balaban J connectivity index is 2.11. The van der Waals surface area contributed by atoms with Crippen molar-refractivity contribution in [2.24, 2.45) is 5.73 Å². The second-order valence-corrected chi connectivity index (χ2v) is 6.34. The van der Waals surface area contributed by atoms with Gasteiger partial charge in [-0.2, -0.15) is 0 Å². The van der Waals surface area contributed by atoms with Gasteiger partial charge < -0.3 is 15.4 Å². The van der Waals surface area contributed by atoms with Crippen molar-refractivity contribution in [3.05, 3.63) is 23.8 Å². The van der Waals surface area contributed by atoms with E-state index in [-0.39, 0.29) is 0 Å². The summed E-state index contributed by atoms with van der Waals surface area (Å²) < 4.78 is 5.73. The highest BCUT2D eigenvalue weighted by Crippen LogP contribution is 2.32. The van der Waals surface area contributed by atoms with Crippen molar-refractivity contribution in [1.29, 1.82) is 0 Å². The van der Waals surface area contributed by atoms with Crippen molar-refractivity contribution in [3.8, 4) is 0 Å². The lowest BCUT2D eigenvalue weighted by Gasteiger charge is -2.35. The smallest absolute Gasteiger partial charge is 0.0608 e. The number of hydrogen-bond donors (Lipinski definition) is 1. The largest absolute Gasteiger partial charge is 0.378 e. The summed E-state index contributed by atoms with van der Waals surface area (Å²) in [6, 6.07) is 6.55. The van der Waals surface area contributed by atoms with Crippen molar-refractivity contribution in [1.82, 2.24) is 0 Å². The van der Waals surface area contributed by atoms with Gasteiger partial charge in [-0.1, -0.05) is 13.0 Å². The van der Waals surface area contributed by atoms with Crippen molar-refractivity contribution in [2.75, 3.05) is 30.3 Å². The van der Waals surface area contributed by atoms with Gasteiger partial charge in [0.15, 0.2) is 0 Å². The first-order valence-electron chi connectivity index (χ1n) is 7.61. The number of rotatable bonds is 6. The maximum Gasteiger partial charge on any atom is 0.0608 e. The summed E-state index contributed by atoms with van der Waals surface area (Å²) in [7, 11) is 0. The number of piperidine rings is 1. The van der Waals surface area contributed by atoms with E-state index in [2.05, 4.69) is 36.9 Å². The van der Waals surface area contributed by atoms with Crippen molar-refractivity contribution in [3.63, 3.8) is 0 Å². The number of nitrogens with two attached hydrogens (primary N) is 1. The molecule has 112 valence electrons. The molecule has 4 heteroatoms. The minimum absolute atomic E-state index is 0.436. The van der Waals surface area contributed by atoms with E-state index in [4.69, 9.17) is 10.5 Å². The summed E-state index contributed by atoms with van der Waals surface area (Å²) in [5, 5.41) is 0. The third kappa shape index (κ3) is 3.68. The number of nitrogens with zero attached hydrogens (tertiary/aromatic N) is 1. The van der Waals surface area contributed by atoms with E-state index in [9.17, 15) is 0 Å². The Morgan fingerprint density at radius 1 is 1.30 bits per heavy atom. The Morgan fingerprint density at radius 3 is 2.65 bits per heavy atom. The Kier molecular flexibility index (Phi) is 6.20. The summed E-state index contributed by atoms with van der Waals surface area (Å²) in [4.78, 5) is 3.80. The Bertz CT molecular complexity index is 417. The van der Waals surface area contributed by atoms with Gasteiger partial charge in [-0.25, -0.2) is 0 Å². The lowest BCUT2D eigenvalue weighted by molar-refractivity contribution is 0.0459. The van der Waals surface area contributed by atoms with Crippen LogP contribution in [0, 0.1) is 0 Å². The highest BCUT2D eigenvalue weighted by molar-refractivity contribution is 7.99. The van der Waals surface area contributed by atoms with Gasteiger partial charge in [0.1, 0.15) is 0 Å². The van der Waals surface area contributed by atoms with Crippen molar-refractivity contribution < 1.29 is 4.74 Å². The molecule has 1 aliphatic rings. The van der Waals surface area contributed by atoms with Crippen LogP contribution in [0.2, 0.25) is 0 Å². The molecule has 0 radical (unpaired) electrons. The number of anilines is 1. The van der Waals surface area contributed by atoms with Gasteiger partial charge in [0.2, 0.25) is 0 Å². The first-order valence-corrected chi connectivity index (χ1v) is 8.60. The first kappa shape index (κ1) is 15.7. The Labute approximate surface area is 126 Å². The molecular formula is C16H26N2OS. The van der Waals surface area contributed by atoms with E-state index < -0.39 is 0 Å². The summed E-state index contributed by atoms with van der Waals surface area (Å²) in [5.41, 5.74) is 8.62. The zero-order valence-electron chi connectivity index (χ0n) is 12.6. The van der Waals surface area contributed by atoms with Crippen LogP contribution >= 0.6 is 11.8 Å².